The molecule has 0 fully saturated rings. The smallest absolute Gasteiger partial charge is 0.315 e. The summed E-state index contributed by atoms with van der Waals surface area (Å²) in [5.74, 6) is -0.524. The van der Waals surface area contributed by atoms with Gasteiger partial charge in [-0.3, -0.25) is 9.59 Å². The van der Waals surface area contributed by atoms with Crippen molar-refractivity contribution in [2.45, 2.75) is 87.2 Å². The molecule has 0 heterocycles. The molecule has 0 bridgehead atoms. The number of esters is 2. The van der Waals surface area contributed by atoms with Crippen molar-refractivity contribution in [2.75, 3.05) is 26.3 Å². The van der Waals surface area contributed by atoms with E-state index in [1.165, 1.54) is 0 Å². The second-order valence-corrected chi connectivity index (χ2v) is 8.96. The molecular weight excluding hydrogens is 428 g/mol. The van der Waals surface area contributed by atoms with Gasteiger partial charge in [-0.15, -0.1) is 0 Å². The third-order valence-electron chi connectivity index (χ3n) is 4.54. The lowest BCUT2D eigenvalue weighted by Gasteiger charge is -2.20. The third-order valence-corrected chi connectivity index (χ3v) is 4.54. The number of nitrogens with one attached hydrogen (secondary N) is 4. The van der Waals surface area contributed by atoms with Gasteiger partial charge in [0.05, 0.1) is 24.4 Å². The Bertz CT molecular complexity index is 594. The van der Waals surface area contributed by atoms with Crippen LogP contribution in [0.5, 0.6) is 0 Å². The molecule has 0 aromatic heterocycles. The van der Waals surface area contributed by atoms with Gasteiger partial charge in [0, 0.05) is 12.1 Å². The minimum atomic E-state index is -0.458. The number of hydrogen-bond donors (Lipinski definition) is 4. The maximum absolute atomic E-state index is 11.6. The molecule has 0 aliphatic rings. The molecule has 4 amide bonds. The van der Waals surface area contributed by atoms with E-state index >= 15 is 0 Å². The molecule has 194 valence electrons. The van der Waals surface area contributed by atoms with E-state index in [0.717, 1.165) is 12.8 Å². The van der Waals surface area contributed by atoms with Crippen molar-refractivity contribution in [1.82, 2.24) is 21.3 Å². The highest BCUT2D eigenvalue weighted by atomic mass is 16.5. The van der Waals surface area contributed by atoms with Crippen LogP contribution in [-0.2, 0) is 19.1 Å². The maximum atomic E-state index is 11.6. The predicted molar refractivity (Wildman–Crippen MR) is 129 cm³/mol. The van der Waals surface area contributed by atoms with Crippen LogP contribution in [-0.4, -0.2) is 62.4 Å². The van der Waals surface area contributed by atoms with Gasteiger partial charge in [0.25, 0.3) is 0 Å². The molecule has 0 aromatic rings. The van der Waals surface area contributed by atoms with E-state index in [4.69, 9.17) is 9.47 Å². The van der Waals surface area contributed by atoms with Gasteiger partial charge in [-0.05, 0) is 54.4 Å². The Kier molecular flexibility index (Phi) is 17.8. The summed E-state index contributed by atoms with van der Waals surface area (Å²) in [5.41, 5.74) is -0.458. The monoisotopic (exact) mass is 474 g/mol. The summed E-state index contributed by atoms with van der Waals surface area (Å²) < 4.78 is 10.0. The molecule has 1 unspecified atom stereocenters. The Hall–Kier alpha value is -2.52. The zero-order valence-corrected chi connectivity index (χ0v) is 21.9. The number of urea groups is 2. The highest BCUT2D eigenvalue weighted by Gasteiger charge is 2.26. The number of rotatable bonds is 12. The van der Waals surface area contributed by atoms with Crippen molar-refractivity contribution in [2.24, 2.45) is 11.3 Å². The van der Waals surface area contributed by atoms with Crippen molar-refractivity contribution in [3.8, 4) is 0 Å². The molecule has 4 N–H and O–H groups in total. The molecule has 0 aliphatic carbocycles. The van der Waals surface area contributed by atoms with Crippen LogP contribution in [0.15, 0.2) is 0 Å². The van der Waals surface area contributed by atoms with Gasteiger partial charge in [-0.1, -0.05) is 20.8 Å². The molecule has 0 spiro atoms. The predicted octanol–water partition coefficient (Wildman–Crippen LogP) is 2.96. The van der Waals surface area contributed by atoms with E-state index in [0.29, 0.717) is 13.1 Å². The normalized spacial score (nSPS) is 11.6. The van der Waals surface area contributed by atoms with Crippen LogP contribution in [0.2, 0.25) is 0 Å². The van der Waals surface area contributed by atoms with Crippen molar-refractivity contribution < 1.29 is 28.7 Å². The van der Waals surface area contributed by atoms with Crippen molar-refractivity contribution >= 4 is 24.0 Å². The van der Waals surface area contributed by atoms with E-state index in [1.807, 2.05) is 62.3 Å². The van der Waals surface area contributed by atoms with Crippen LogP contribution in [0, 0.1) is 11.3 Å². The van der Waals surface area contributed by atoms with Crippen LogP contribution in [0.3, 0.4) is 0 Å². The molecule has 10 heteroatoms. The number of carbonyl (C=O) groups excluding carboxylic acids is 4. The Labute approximate surface area is 199 Å². The van der Waals surface area contributed by atoms with E-state index in [2.05, 4.69) is 21.3 Å². The van der Waals surface area contributed by atoms with Crippen molar-refractivity contribution in [3.05, 3.63) is 0 Å². The number of amides is 4. The molecule has 0 saturated heterocycles. The van der Waals surface area contributed by atoms with E-state index in [-0.39, 0.29) is 55.2 Å². The van der Waals surface area contributed by atoms with Gasteiger partial charge in [-0.25, -0.2) is 9.59 Å². The molecule has 0 saturated carbocycles. The quantitative estimate of drug-likeness (QED) is 0.254. The maximum Gasteiger partial charge on any atom is 0.315 e. The summed E-state index contributed by atoms with van der Waals surface area (Å²) in [4.78, 5) is 45.1. The first-order valence-electron chi connectivity index (χ1n) is 11.7. The Morgan fingerprint density at radius 2 is 1.18 bits per heavy atom. The fourth-order valence-electron chi connectivity index (χ4n) is 1.90. The zero-order valence-electron chi connectivity index (χ0n) is 21.9. The van der Waals surface area contributed by atoms with Crippen LogP contribution in [0.25, 0.3) is 0 Å². The summed E-state index contributed by atoms with van der Waals surface area (Å²) in [6.07, 6.45) is 1.49. The van der Waals surface area contributed by atoms with Gasteiger partial charge in [-0.2, -0.15) is 0 Å². The van der Waals surface area contributed by atoms with Crippen molar-refractivity contribution in [3.63, 3.8) is 0 Å². The first kappa shape index (κ1) is 32.7. The molecule has 1 atom stereocenters. The molecule has 10 nitrogen and oxygen atoms in total. The molecule has 0 rings (SSSR count). The van der Waals surface area contributed by atoms with Gasteiger partial charge in [0.1, 0.15) is 13.2 Å². The highest BCUT2D eigenvalue weighted by molar-refractivity contribution is 5.76. The van der Waals surface area contributed by atoms with Crippen LogP contribution < -0.4 is 21.3 Å². The van der Waals surface area contributed by atoms with Crippen LogP contribution in [0.4, 0.5) is 9.59 Å². The summed E-state index contributed by atoms with van der Waals surface area (Å²) in [6.45, 7) is 18.0. The van der Waals surface area contributed by atoms with Gasteiger partial charge in [0.2, 0.25) is 0 Å². The summed E-state index contributed by atoms with van der Waals surface area (Å²) in [6, 6.07) is -0.292. The number of hydrogen-bond acceptors (Lipinski definition) is 6. The largest absolute Gasteiger partial charge is 0.464 e. The standard InChI is InChI=1S/C12H24N2O3.C11H22N2O3/c1-6-12(4,5)10(15)17-8-7-13-11(16)14-9(2)3;1-5-9(4)10(14)16-7-6-12-11(15)13-8(2)3/h9H,6-8H2,1-5H3,(H2,13,14,16);8-9H,5-7H2,1-4H3,(H2,12,13,15). The molecule has 0 aromatic carbocycles. The van der Waals surface area contributed by atoms with Crippen LogP contribution >= 0.6 is 0 Å². The Morgan fingerprint density at radius 3 is 1.55 bits per heavy atom. The fourth-order valence-corrected chi connectivity index (χ4v) is 1.90. The Balaban J connectivity index is 0. The molecule has 33 heavy (non-hydrogen) atoms. The van der Waals surface area contributed by atoms with Gasteiger partial charge in [0.15, 0.2) is 0 Å². The van der Waals surface area contributed by atoms with Gasteiger partial charge >= 0.3 is 24.0 Å². The van der Waals surface area contributed by atoms with Gasteiger partial charge < -0.3 is 30.7 Å². The lowest BCUT2D eigenvalue weighted by atomic mass is 9.91. The second-order valence-electron chi connectivity index (χ2n) is 8.96. The summed E-state index contributed by atoms with van der Waals surface area (Å²) in [7, 11) is 0. The third kappa shape index (κ3) is 18.7. The van der Waals surface area contributed by atoms with E-state index < -0.39 is 5.41 Å². The summed E-state index contributed by atoms with van der Waals surface area (Å²) in [5, 5.41) is 10.6. The van der Waals surface area contributed by atoms with Crippen molar-refractivity contribution in [1.29, 1.82) is 0 Å². The average Bonchev–Trinajstić information content (AvgIpc) is 2.72. The minimum absolute atomic E-state index is 0.0792. The number of carbonyl (C=O) groups is 4. The topological polar surface area (TPSA) is 135 Å². The fraction of sp³-hybridized carbons (Fsp3) is 0.826. The first-order chi connectivity index (χ1) is 15.3. The highest BCUT2D eigenvalue weighted by Crippen LogP contribution is 2.21. The lowest BCUT2D eigenvalue weighted by Crippen LogP contribution is -2.41. The minimum Gasteiger partial charge on any atom is -0.464 e. The Morgan fingerprint density at radius 1 is 0.758 bits per heavy atom. The van der Waals surface area contributed by atoms with Crippen LogP contribution in [0.1, 0.15) is 75.2 Å². The molecule has 0 aliphatic heterocycles. The van der Waals surface area contributed by atoms with E-state index in [9.17, 15) is 19.2 Å². The second kappa shape index (κ2) is 18.0. The van der Waals surface area contributed by atoms with E-state index in [1.54, 1.807) is 0 Å². The zero-order chi connectivity index (χ0) is 26.0. The molecular formula is C23H46N4O6. The lowest BCUT2D eigenvalue weighted by molar-refractivity contribution is -0.154. The average molecular weight is 475 g/mol. The first-order valence-corrected chi connectivity index (χ1v) is 11.7. The number of ether oxygens (including phenoxy) is 2. The molecule has 0 radical (unpaired) electrons. The SMILES string of the molecule is CCC(C)(C)C(=O)OCCNC(=O)NC(C)C.CCC(C)C(=O)OCCNC(=O)NC(C)C. The summed E-state index contributed by atoms with van der Waals surface area (Å²) >= 11 is 0.